The van der Waals surface area contributed by atoms with Crippen LogP contribution in [0.5, 0.6) is 11.5 Å². The normalized spacial score (nSPS) is 12.9. The van der Waals surface area contributed by atoms with Crippen LogP contribution in [0.4, 0.5) is 15.8 Å². The molecule has 2 aromatic rings. The molecule has 0 saturated carbocycles. The number of hydrogen-bond acceptors (Lipinski definition) is 5. The van der Waals surface area contributed by atoms with Gasteiger partial charge in [0.05, 0.1) is 12.3 Å². The predicted octanol–water partition coefficient (Wildman–Crippen LogP) is 2.61. The zero-order valence-corrected chi connectivity index (χ0v) is 15.4. The van der Waals surface area contributed by atoms with Gasteiger partial charge in [-0.15, -0.1) is 0 Å². The number of hydrogen-bond donors (Lipinski definition) is 1. The average Bonchev–Trinajstić information content (AvgIpc) is 2.69. The predicted molar refractivity (Wildman–Crippen MR) is 101 cm³/mol. The first-order chi connectivity index (χ1) is 13.6. The van der Waals surface area contributed by atoms with Gasteiger partial charge >= 0.3 is 0 Å². The quantitative estimate of drug-likeness (QED) is 0.704. The van der Waals surface area contributed by atoms with E-state index in [1.807, 2.05) is 6.07 Å². The van der Waals surface area contributed by atoms with Gasteiger partial charge in [-0.1, -0.05) is 12.1 Å². The molecule has 0 atom stereocenters. The van der Waals surface area contributed by atoms with Gasteiger partial charge in [0.25, 0.3) is 5.91 Å². The fraction of sp³-hybridized carbons (Fsp3) is 0.300. The number of carbonyl (C=O) groups is 2. The molecule has 0 bridgehead atoms. The van der Waals surface area contributed by atoms with E-state index < -0.39 is 5.82 Å². The molecule has 0 radical (unpaired) electrons. The number of carbonyl (C=O) groups excluding carboxylic acids is 2. The summed E-state index contributed by atoms with van der Waals surface area (Å²) in [6, 6.07) is 11.3. The van der Waals surface area contributed by atoms with E-state index in [0.717, 1.165) is 0 Å². The Morgan fingerprint density at radius 3 is 2.86 bits per heavy atom. The van der Waals surface area contributed by atoms with Crippen molar-refractivity contribution < 1.29 is 28.2 Å². The molecule has 1 aliphatic heterocycles. The molecule has 148 valence electrons. The Kier molecular flexibility index (Phi) is 6.44. The lowest BCUT2D eigenvalue weighted by Gasteiger charge is -2.29. The van der Waals surface area contributed by atoms with E-state index >= 15 is 0 Å². The average molecular weight is 388 g/mol. The van der Waals surface area contributed by atoms with Gasteiger partial charge in [0.2, 0.25) is 5.91 Å². The van der Waals surface area contributed by atoms with Crippen molar-refractivity contribution in [2.45, 2.75) is 6.42 Å². The Morgan fingerprint density at radius 1 is 1.25 bits per heavy atom. The Hall–Kier alpha value is -3.13. The van der Waals surface area contributed by atoms with Crippen LogP contribution in [-0.2, 0) is 14.3 Å². The molecule has 0 unspecified atom stereocenters. The van der Waals surface area contributed by atoms with Crippen LogP contribution in [0.3, 0.4) is 0 Å². The van der Waals surface area contributed by atoms with Crippen LogP contribution >= 0.6 is 0 Å². The van der Waals surface area contributed by atoms with Gasteiger partial charge in [-0.05, 0) is 24.3 Å². The lowest BCUT2D eigenvalue weighted by atomic mass is 10.2. The van der Waals surface area contributed by atoms with Gasteiger partial charge in [0, 0.05) is 31.8 Å². The lowest BCUT2D eigenvalue weighted by molar-refractivity contribution is -0.121. The van der Waals surface area contributed by atoms with Crippen molar-refractivity contribution in [2.24, 2.45) is 0 Å². The summed E-state index contributed by atoms with van der Waals surface area (Å²) >= 11 is 0. The van der Waals surface area contributed by atoms with E-state index in [-0.39, 0.29) is 43.7 Å². The number of ether oxygens (including phenoxy) is 3. The molecule has 7 nitrogen and oxygen atoms in total. The number of methoxy groups -OCH3 is 1. The fourth-order valence-electron chi connectivity index (χ4n) is 2.77. The topological polar surface area (TPSA) is 77.1 Å². The summed E-state index contributed by atoms with van der Waals surface area (Å²) in [6.07, 6.45) is 0.0633. The molecule has 0 aliphatic carbocycles. The van der Waals surface area contributed by atoms with Gasteiger partial charge in [0.15, 0.2) is 18.2 Å². The number of para-hydroxylation sites is 2. The number of fused-ring (bicyclic) bond motifs is 1. The van der Waals surface area contributed by atoms with Gasteiger partial charge < -0.3 is 24.4 Å². The molecule has 3 rings (SSSR count). The van der Waals surface area contributed by atoms with Crippen LogP contribution < -0.4 is 19.7 Å². The molecule has 8 heteroatoms. The van der Waals surface area contributed by atoms with Gasteiger partial charge in [-0.3, -0.25) is 9.59 Å². The second kappa shape index (κ2) is 9.18. The first kappa shape index (κ1) is 19.6. The number of rotatable bonds is 8. The maximum Gasteiger partial charge on any atom is 0.265 e. The molecule has 0 spiro atoms. The fourth-order valence-corrected chi connectivity index (χ4v) is 2.77. The smallest absolute Gasteiger partial charge is 0.265 e. The van der Waals surface area contributed by atoms with Crippen molar-refractivity contribution in [1.29, 1.82) is 0 Å². The third-order valence-electron chi connectivity index (χ3n) is 4.13. The maximum atomic E-state index is 14.0. The van der Waals surface area contributed by atoms with E-state index in [4.69, 9.17) is 14.2 Å². The third kappa shape index (κ3) is 4.77. The zero-order chi connectivity index (χ0) is 19.9. The lowest BCUT2D eigenvalue weighted by Crippen LogP contribution is -2.40. The van der Waals surface area contributed by atoms with Crippen LogP contribution in [0, 0.1) is 5.82 Å². The highest BCUT2D eigenvalue weighted by atomic mass is 19.1. The van der Waals surface area contributed by atoms with E-state index in [1.54, 1.807) is 24.3 Å². The molecule has 2 aromatic carbocycles. The third-order valence-corrected chi connectivity index (χ3v) is 4.13. The molecular formula is C20H21FN2O5. The Balaban J connectivity index is 1.56. The summed E-state index contributed by atoms with van der Waals surface area (Å²) in [5.74, 6) is -0.426. The summed E-state index contributed by atoms with van der Waals surface area (Å²) in [7, 11) is 1.53. The van der Waals surface area contributed by atoms with Crippen LogP contribution in [0.25, 0.3) is 0 Å². The largest absolute Gasteiger partial charge is 0.488 e. The van der Waals surface area contributed by atoms with Gasteiger partial charge in [-0.25, -0.2) is 4.39 Å². The summed E-state index contributed by atoms with van der Waals surface area (Å²) in [4.78, 5) is 25.9. The highest BCUT2D eigenvalue weighted by Gasteiger charge is 2.25. The van der Waals surface area contributed by atoms with E-state index in [2.05, 4.69) is 5.32 Å². The highest BCUT2D eigenvalue weighted by Crippen LogP contribution is 2.31. The van der Waals surface area contributed by atoms with Crippen LogP contribution in [0.15, 0.2) is 42.5 Å². The minimum atomic E-state index is -0.578. The Labute approximate surface area is 162 Å². The minimum absolute atomic E-state index is 0.0611. The standard InChI is InChI=1S/C20H21FN2O5/c1-26-10-11-27-17-7-6-14(12-15(17)21)22-19(24)8-9-23-16-4-2-3-5-18(16)28-13-20(23)25/h2-7,12H,8-11,13H2,1H3,(H,22,24). The number of halogens is 1. The number of benzene rings is 2. The van der Waals surface area contributed by atoms with E-state index in [0.29, 0.717) is 23.7 Å². The molecule has 0 saturated heterocycles. The maximum absolute atomic E-state index is 14.0. The molecule has 2 amide bonds. The van der Waals surface area contributed by atoms with Crippen molar-refractivity contribution in [3.05, 3.63) is 48.3 Å². The van der Waals surface area contributed by atoms with E-state index in [1.165, 1.54) is 24.1 Å². The number of nitrogens with one attached hydrogen (secondary N) is 1. The Morgan fingerprint density at radius 2 is 2.07 bits per heavy atom. The number of nitrogens with zero attached hydrogens (tertiary/aromatic N) is 1. The van der Waals surface area contributed by atoms with Crippen LogP contribution in [-0.4, -0.2) is 45.3 Å². The first-order valence-corrected chi connectivity index (χ1v) is 8.82. The molecule has 28 heavy (non-hydrogen) atoms. The summed E-state index contributed by atoms with van der Waals surface area (Å²) in [5, 5.41) is 2.63. The minimum Gasteiger partial charge on any atom is -0.488 e. The molecule has 1 heterocycles. The van der Waals surface area contributed by atoms with Crippen molar-refractivity contribution in [3.8, 4) is 11.5 Å². The van der Waals surface area contributed by atoms with Crippen molar-refractivity contribution in [3.63, 3.8) is 0 Å². The summed E-state index contributed by atoms with van der Waals surface area (Å²) in [6.45, 7) is 0.718. The van der Waals surface area contributed by atoms with Crippen LogP contribution in [0.1, 0.15) is 6.42 Å². The summed E-state index contributed by atoms with van der Waals surface area (Å²) < 4.78 is 29.5. The molecule has 0 aromatic heterocycles. The molecule has 1 N–H and O–H groups in total. The first-order valence-electron chi connectivity index (χ1n) is 8.82. The zero-order valence-electron chi connectivity index (χ0n) is 15.4. The second-order valence-corrected chi connectivity index (χ2v) is 6.09. The van der Waals surface area contributed by atoms with Crippen molar-refractivity contribution in [2.75, 3.05) is 43.7 Å². The van der Waals surface area contributed by atoms with Gasteiger partial charge in [0.1, 0.15) is 12.4 Å². The van der Waals surface area contributed by atoms with Gasteiger partial charge in [-0.2, -0.15) is 0 Å². The SMILES string of the molecule is COCCOc1ccc(NC(=O)CCN2C(=O)COc3ccccc32)cc1F. The summed E-state index contributed by atoms with van der Waals surface area (Å²) in [5.41, 5.74) is 0.949. The molecule has 1 aliphatic rings. The molecule has 0 fully saturated rings. The monoisotopic (exact) mass is 388 g/mol. The van der Waals surface area contributed by atoms with Crippen molar-refractivity contribution in [1.82, 2.24) is 0 Å². The number of anilines is 2. The van der Waals surface area contributed by atoms with E-state index in [9.17, 15) is 14.0 Å². The molecular weight excluding hydrogens is 367 g/mol. The number of amides is 2. The Bertz CT molecular complexity index is 858. The second-order valence-electron chi connectivity index (χ2n) is 6.09. The van der Waals surface area contributed by atoms with Crippen LogP contribution in [0.2, 0.25) is 0 Å². The van der Waals surface area contributed by atoms with Crippen molar-refractivity contribution >= 4 is 23.2 Å². The highest BCUT2D eigenvalue weighted by molar-refractivity contribution is 5.99.